The van der Waals surface area contributed by atoms with Crippen molar-refractivity contribution in [2.45, 2.75) is 38.2 Å². The van der Waals surface area contributed by atoms with Crippen LogP contribution in [0.25, 0.3) is 0 Å². The van der Waals surface area contributed by atoms with Gasteiger partial charge in [-0.1, -0.05) is 0 Å². The molecule has 0 aromatic carbocycles. The Balaban J connectivity index is 1.44. The number of aromatic amines is 1. The summed E-state index contributed by atoms with van der Waals surface area (Å²) in [5, 5.41) is 0. The molecule has 8 nitrogen and oxygen atoms in total. The lowest BCUT2D eigenvalue weighted by molar-refractivity contribution is -0.139. The number of nitrogens with zero attached hydrogens (tertiary/aromatic N) is 3. The van der Waals surface area contributed by atoms with Crippen molar-refractivity contribution < 1.29 is 14.3 Å². The average molecular weight is 348 g/mol. The van der Waals surface area contributed by atoms with Gasteiger partial charge in [0.1, 0.15) is 0 Å². The quantitative estimate of drug-likeness (QED) is 0.777. The van der Waals surface area contributed by atoms with Gasteiger partial charge in [-0.25, -0.2) is 4.98 Å². The molecule has 1 atom stereocenters. The highest BCUT2D eigenvalue weighted by atomic mass is 16.5. The van der Waals surface area contributed by atoms with Crippen molar-refractivity contribution in [2.24, 2.45) is 0 Å². The molecule has 1 aromatic heterocycles. The summed E-state index contributed by atoms with van der Waals surface area (Å²) >= 11 is 0. The van der Waals surface area contributed by atoms with Crippen molar-refractivity contribution in [1.82, 2.24) is 19.8 Å². The Bertz CT molecular complexity index is 675. The van der Waals surface area contributed by atoms with Crippen LogP contribution >= 0.6 is 0 Å². The van der Waals surface area contributed by atoms with Crippen LogP contribution in [-0.4, -0.2) is 70.5 Å². The summed E-state index contributed by atoms with van der Waals surface area (Å²) < 4.78 is 5.73. The first kappa shape index (κ1) is 17.6. The third kappa shape index (κ3) is 4.88. The van der Waals surface area contributed by atoms with Crippen molar-refractivity contribution in [2.75, 3.05) is 32.8 Å². The number of aryl methyl sites for hydroxylation is 1. The van der Waals surface area contributed by atoms with E-state index in [1.807, 2.05) is 4.90 Å². The normalized spacial score (nSPS) is 21.0. The number of rotatable bonds is 6. The van der Waals surface area contributed by atoms with Crippen LogP contribution in [0.4, 0.5) is 0 Å². The standard InChI is InChI=1S/C17H24N4O4/c22-15-10-13(18-12-19-15)3-4-14-11-21(8-9-25-14)17(24)5-7-20-6-1-2-16(20)23/h10,12,14H,1-9,11H2,(H,18,19,22)/t14-/m1/s1. The summed E-state index contributed by atoms with van der Waals surface area (Å²) in [7, 11) is 0. The summed E-state index contributed by atoms with van der Waals surface area (Å²) in [6.07, 6.45) is 4.56. The van der Waals surface area contributed by atoms with Gasteiger partial charge >= 0.3 is 0 Å². The van der Waals surface area contributed by atoms with Crippen LogP contribution in [0.15, 0.2) is 17.2 Å². The van der Waals surface area contributed by atoms with Crippen LogP contribution in [0, 0.1) is 0 Å². The Morgan fingerprint density at radius 1 is 1.36 bits per heavy atom. The second-order valence-corrected chi connectivity index (χ2v) is 6.51. The molecule has 136 valence electrons. The van der Waals surface area contributed by atoms with Gasteiger partial charge in [-0.05, 0) is 19.3 Å². The molecule has 0 bridgehead atoms. The van der Waals surface area contributed by atoms with Gasteiger partial charge < -0.3 is 19.5 Å². The first-order valence-corrected chi connectivity index (χ1v) is 8.82. The van der Waals surface area contributed by atoms with E-state index in [4.69, 9.17) is 4.74 Å². The molecule has 2 amide bonds. The SMILES string of the molecule is O=C1CCCN1CCC(=O)N1CCO[C@H](CCc2cc(=O)[nH]cn2)C1. The van der Waals surface area contributed by atoms with Gasteiger partial charge in [0.05, 0.1) is 19.0 Å². The number of hydrogen-bond acceptors (Lipinski definition) is 5. The van der Waals surface area contributed by atoms with E-state index in [9.17, 15) is 14.4 Å². The largest absolute Gasteiger partial charge is 0.375 e. The van der Waals surface area contributed by atoms with E-state index in [-0.39, 0.29) is 23.5 Å². The minimum Gasteiger partial charge on any atom is -0.375 e. The molecule has 0 spiro atoms. The Labute approximate surface area is 146 Å². The smallest absolute Gasteiger partial charge is 0.250 e. The minimum atomic E-state index is -0.164. The predicted molar refractivity (Wildman–Crippen MR) is 89.9 cm³/mol. The molecule has 1 aromatic rings. The maximum absolute atomic E-state index is 12.4. The van der Waals surface area contributed by atoms with Crippen molar-refractivity contribution in [1.29, 1.82) is 0 Å². The van der Waals surface area contributed by atoms with Gasteiger partial charge in [0, 0.05) is 50.8 Å². The van der Waals surface area contributed by atoms with E-state index in [0.717, 1.165) is 18.7 Å². The molecule has 3 heterocycles. The maximum atomic E-state index is 12.4. The van der Waals surface area contributed by atoms with Gasteiger partial charge in [-0.15, -0.1) is 0 Å². The molecule has 2 aliphatic rings. The molecule has 25 heavy (non-hydrogen) atoms. The number of nitrogens with one attached hydrogen (secondary N) is 1. The molecule has 2 saturated heterocycles. The second-order valence-electron chi connectivity index (χ2n) is 6.51. The van der Waals surface area contributed by atoms with Gasteiger partial charge in [-0.2, -0.15) is 0 Å². The molecule has 0 aliphatic carbocycles. The fraction of sp³-hybridized carbons (Fsp3) is 0.647. The van der Waals surface area contributed by atoms with Crippen molar-refractivity contribution in [3.8, 4) is 0 Å². The summed E-state index contributed by atoms with van der Waals surface area (Å²) in [4.78, 5) is 45.5. The molecule has 2 aliphatic heterocycles. The summed E-state index contributed by atoms with van der Waals surface area (Å²) in [5.41, 5.74) is 0.561. The number of aromatic nitrogens is 2. The number of ether oxygens (including phenoxy) is 1. The molecule has 0 unspecified atom stereocenters. The zero-order valence-corrected chi connectivity index (χ0v) is 14.3. The van der Waals surface area contributed by atoms with E-state index in [1.54, 1.807) is 4.90 Å². The van der Waals surface area contributed by atoms with Crippen molar-refractivity contribution in [3.63, 3.8) is 0 Å². The second kappa shape index (κ2) is 8.24. The molecule has 2 fully saturated rings. The zero-order valence-electron chi connectivity index (χ0n) is 14.3. The van der Waals surface area contributed by atoms with Gasteiger partial charge in [0.2, 0.25) is 11.8 Å². The van der Waals surface area contributed by atoms with Crippen LogP contribution < -0.4 is 5.56 Å². The highest BCUT2D eigenvalue weighted by Gasteiger charge is 2.26. The number of carbonyl (C=O) groups excluding carboxylic acids is 2. The number of morpholine rings is 1. The third-order valence-corrected chi connectivity index (χ3v) is 4.72. The minimum absolute atomic E-state index is 0.0489. The van der Waals surface area contributed by atoms with Crippen LogP contribution in [0.1, 0.15) is 31.4 Å². The Morgan fingerprint density at radius 2 is 2.24 bits per heavy atom. The third-order valence-electron chi connectivity index (χ3n) is 4.72. The molecule has 3 rings (SSSR count). The first-order chi connectivity index (χ1) is 12.1. The topological polar surface area (TPSA) is 95.6 Å². The fourth-order valence-electron chi connectivity index (χ4n) is 3.30. The number of hydrogen-bond donors (Lipinski definition) is 1. The molecule has 0 radical (unpaired) electrons. The monoisotopic (exact) mass is 348 g/mol. The Kier molecular flexibility index (Phi) is 5.80. The summed E-state index contributed by atoms with van der Waals surface area (Å²) in [5.74, 6) is 0.222. The molecular weight excluding hydrogens is 324 g/mol. The lowest BCUT2D eigenvalue weighted by atomic mass is 10.1. The summed E-state index contributed by atoms with van der Waals surface area (Å²) in [6.45, 7) is 2.93. The van der Waals surface area contributed by atoms with Crippen LogP contribution in [0.3, 0.4) is 0 Å². The molecule has 8 heteroatoms. The van der Waals surface area contributed by atoms with Crippen molar-refractivity contribution in [3.05, 3.63) is 28.4 Å². The van der Waals surface area contributed by atoms with Gasteiger partial charge in [0.25, 0.3) is 5.56 Å². The Morgan fingerprint density at radius 3 is 3.00 bits per heavy atom. The molecule has 0 saturated carbocycles. The van der Waals surface area contributed by atoms with E-state index < -0.39 is 0 Å². The van der Waals surface area contributed by atoms with E-state index in [2.05, 4.69) is 9.97 Å². The highest BCUT2D eigenvalue weighted by molar-refractivity contribution is 5.80. The van der Waals surface area contributed by atoms with Crippen LogP contribution in [0.5, 0.6) is 0 Å². The number of H-pyrrole nitrogens is 1. The zero-order chi connectivity index (χ0) is 17.6. The van der Waals surface area contributed by atoms with Crippen LogP contribution in [0.2, 0.25) is 0 Å². The predicted octanol–water partition coefficient (Wildman–Crippen LogP) is -0.0576. The maximum Gasteiger partial charge on any atom is 0.250 e. The number of carbonyl (C=O) groups is 2. The lowest BCUT2D eigenvalue weighted by Gasteiger charge is -2.33. The highest BCUT2D eigenvalue weighted by Crippen LogP contribution is 2.14. The van der Waals surface area contributed by atoms with Gasteiger partial charge in [0.15, 0.2) is 0 Å². The lowest BCUT2D eigenvalue weighted by Crippen LogP contribution is -2.46. The van der Waals surface area contributed by atoms with Gasteiger partial charge in [-0.3, -0.25) is 14.4 Å². The molecule has 1 N–H and O–H groups in total. The van der Waals surface area contributed by atoms with E-state index in [0.29, 0.717) is 51.9 Å². The van der Waals surface area contributed by atoms with Crippen molar-refractivity contribution >= 4 is 11.8 Å². The Hall–Kier alpha value is -2.22. The van der Waals surface area contributed by atoms with E-state index >= 15 is 0 Å². The van der Waals surface area contributed by atoms with Crippen LogP contribution in [-0.2, 0) is 20.7 Å². The average Bonchev–Trinajstić information content (AvgIpc) is 3.03. The number of amides is 2. The fourth-order valence-corrected chi connectivity index (χ4v) is 3.30. The van der Waals surface area contributed by atoms with E-state index in [1.165, 1.54) is 12.4 Å². The first-order valence-electron chi connectivity index (χ1n) is 8.82. The summed E-state index contributed by atoms with van der Waals surface area (Å²) in [6, 6.07) is 1.48. The number of likely N-dealkylation sites (tertiary alicyclic amines) is 1. The molecular formula is C17H24N4O4.